The van der Waals surface area contributed by atoms with Gasteiger partial charge in [0.2, 0.25) is 16.9 Å². The lowest BCUT2D eigenvalue weighted by atomic mass is 10.1. The van der Waals surface area contributed by atoms with Crippen molar-refractivity contribution in [2.45, 2.75) is 49.2 Å². The molecule has 1 aliphatic heterocycles. The number of ether oxygens (including phenoxy) is 1. The van der Waals surface area contributed by atoms with E-state index in [1.807, 2.05) is 6.92 Å². The molecule has 1 aromatic heterocycles. The summed E-state index contributed by atoms with van der Waals surface area (Å²) in [6.07, 6.45) is 1.28. The summed E-state index contributed by atoms with van der Waals surface area (Å²) in [6, 6.07) is -0.0274. The third-order valence-electron chi connectivity index (χ3n) is 3.98. The minimum Gasteiger partial charge on any atom is -0.383 e. The Labute approximate surface area is 150 Å². The van der Waals surface area contributed by atoms with Crippen LogP contribution in [0, 0.1) is 5.92 Å². The number of carbonyl (C=O) groups is 2. The van der Waals surface area contributed by atoms with Crippen molar-refractivity contribution in [1.82, 2.24) is 15.1 Å². The first-order chi connectivity index (χ1) is 11.4. The molecule has 0 aromatic carbocycles. The van der Waals surface area contributed by atoms with Crippen LogP contribution in [0.5, 0.6) is 0 Å². The van der Waals surface area contributed by atoms with E-state index in [1.165, 1.54) is 11.3 Å². The fraction of sp³-hybridized carbons (Fsp3) is 0.733. The van der Waals surface area contributed by atoms with E-state index in [1.54, 1.807) is 23.8 Å². The maximum absolute atomic E-state index is 12.4. The third-order valence-corrected chi connectivity index (χ3v) is 6.17. The molecule has 9 heteroatoms. The number of hydrogen-bond donors (Lipinski definition) is 1. The maximum atomic E-state index is 12.4. The summed E-state index contributed by atoms with van der Waals surface area (Å²) in [4.78, 5) is 26.2. The Bertz CT molecular complexity index is 581. The van der Waals surface area contributed by atoms with E-state index in [2.05, 4.69) is 29.4 Å². The topological polar surface area (TPSA) is 84.4 Å². The van der Waals surface area contributed by atoms with E-state index in [0.717, 1.165) is 10.8 Å². The summed E-state index contributed by atoms with van der Waals surface area (Å²) in [5, 5.41) is 11.8. The number of carbonyl (C=O) groups excluding carboxylic acids is 2. The van der Waals surface area contributed by atoms with Crippen molar-refractivity contribution < 1.29 is 14.3 Å². The molecular weight excluding hydrogens is 348 g/mol. The fourth-order valence-electron chi connectivity index (χ4n) is 2.44. The summed E-state index contributed by atoms with van der Waals surface area (Å²) in [6.45, 7) is 7.05. The summed E-state index contributed by atoms with van der Waals surface area (Å²) < 4.78 is 5.93. The Morgan fingerprint density at radius 1 is 1.50 bits per heavy atom. The zero-order valence-corrected chi connectivity index (χ0v) is 16.1. The van der Waals surface area contributed by atoms with Crippen LogP contribution in [0.4, 0.5) is 5.13 Å². The van der Waals surface area contributed by atoms with Crippen molar-refractivity contribution in [3.8, 4) is 0 Å². The molecule has 0 radical (unpaired) electrons. The van der Waals surface area contributed by atoms with Gasteiger partial charge < -0.3 is 15.0 Å². The Morgan fingerprint density at radius 2 is 2.25 bits per heavy atom. The molecule has 1 aromatic rings. The summed E-state index contributed by atoms with van der Waals surface area (Å²) in [5.74, 6) is -0.539. The van der Waals surface area contributed by atoms with Crippen LogP contribution in [0.1, 0.15) is 33.6 Å². The van der Waals surface area contributed by atoms with Crippen LogP contribution in [0.3, 0.4) is 0 Å². The molecule has 0 saturated carbocycles. The predicted octanol–water partition coefficient (Wildman–Crippen LogP) is 2.25. The van der Waals surface area contributed by atoms with Gasteiger partial charge in [0.25, 0.3) is 0 Å². The molecule has 134 valence electrons. The highest BCUT2D eigenvalue weighted by Crippen LogP contribution is 2.30. The lowest BCUT2D eigenvalue weighted by Gasteiger charge is -2.23. The van der Waals surface area contributed by atoms with Gasteiger partial charge in [-0.25, -0.2) is 0 Å². The first-order valence-corrected chi connectivity index (χ1v) is 9.73. The lowest BCUT2D eigenvalue weighted by molar-refractivity contribution is -0.130. The number of hydrogen-bond acceptors (Lipinski definition) is 7. The number of aromatic nitrogens is 2. The van der Waals surface area contributed by atoms with Gasteiger partial charge in [0, 0.05) is 25.3 Å². The number of nitrogens with one attached hydrogen (secondary N) is 1. The smallest absolute Gasteiger partial charge is 0.231 e. The van der Waals surface area contributed by atoms with Gasteiger partial charge in [-0.3, -0.25) is 9.59 Å². The fourth-order valence-corrected chi connectivity index (χ4v) is 4.44. The van der Waals surface area contributed by atoms with Crippen molar-refractivity contribution in [3.05, 3.63) is 0 Å². The molecule has 2 heterocycles. The molecule has 2 amide bonds. The summed E-state index contributed by atoms with van der Waals surface area (Å²) >= 11 is 3.02. The number of nitrogens with zero attached hydrogens (tertiary/aromatic N) is 3. The Balaban J connectivity index is 1.90. The van der Waals surface area contributed by atoms with Gasteiger partial charge in [-0.15, -0.1) is 10.2 Å². The van der Waals surface area contributed by atoms with Gasteiger partial charge in [0.05, 0.1) is 18.6 Å². The zero-order chi connectivity index (χ0) is 17.7. The SMILES string of the molecule is CC[C@@H](C)Sc1nnc(NC(=O)[C@H]2CC(=O)N([C@@H](C)COC)C2)s1. The van der Waals surface area contributed by atoms with E-state index in [4.69, 9.17) is 4.74 Å². The van der Waals surface area contributed by atoms with Gasteiger partial charge in [0.15, 0.2) is 4.34 Å². The first-order valence-electron chi connectivity index (χ1n) is 8.04. The van der Waals surface area contributed by atoms with E-state index in [-0.39, 0.29) is 30.2 Å². The number of rotatable bonds is 8. The van der Waals surface area contributed by atoms with Crippen LogP contribution >= 0.6 is 23.1 Å². The van der Waals surface area contributed by atoms with Gasteiger partial charge in [-0.05, 0) is 13.3 Å². The largest absolute Gasteiger partial charge is 0.383 e. The summed E-state index contributed by atoms with van der Waals surface area (Å²) in [7, 11) is 1.60. The van der Waals surface area contributed by atoms with Crippen LogP contribution in [0.2, 0.25) is 0 Å². The highest BCUT2D eigenvalue weighted by molar-refractivity contribution is 8.01. The van der Waals surface area contributed by atoms with Crippen LogP contribution < -0.4 is 5.32 Å². The molecule has 2 rings (SSSR count). The monoisotopic (exact) mass is 372 g/mol. The average Bonchev–Trinajstić information content (AvgIpc) is 3.14. The molecule has 1 N–H and O–H groups in total. The van der Waals surface area contributed by atoms with Crippen molar-refractivity contribution in [1.29, 1.82) is 0 Å². The number of amides is 2. The van der Waals surface area contributed by atoms with Crippen molar-refractivity contribution in [2.24, 2.45) is 5.92 Å². The summed E-state index contributed by atoms with van der Waals surface area (Å²) in [5.41, 5.74) is 0. The number of likely N-dealkylation sites (tertiary alicyclic amines) is 1. The number of anilines is 1. The van der Waals surface area contributed by atoms with Gasteiger partial charge in [-0.2, -0.15) is 0 Å². The molecule has 24 heavy (non-hydrogen) atoms. The molecule has 1 saturated heterocycles. The quantitative estimate of drug-likeness (QED) is 0.556. The molecule has 0 aliphatic carbocycles. The van der Waals surface area contributed by atoms with E-state index >= 15 is 0 Å². The Kier molecular flexibility index (Phi) is 7.00. The van der Waals surface area contributed by atoms with E-state index in [0.29, 0.717) is 23.5 Å². The molecule has 0 spiro atoms. The molecule has 0 bridgehead atoms. The number of methoxy groups -OCH3 is 1. The second-order valence-corrected chi connectivity index (χ2v) is 8.61. The second kappa shape index (κ2) is 8.77. The number of thioether (sulfide) groups is 1. The average molecular weight is 373 g/mol. The minimum absolute atomic E-state index is 0.00928. The van der Waals surface area contributed by atoms with E-state index < -0.39 is 0 Å². The predicted molar refractivity (Wildman–Crippen MR) is 95.3 cm³/mol. The maximum Gasteiger partial charge on any atom is 0.231 e. The standard InChI is InChI=1S/C15H24N4O3S2/c1-5-10(3)23-15-18-17-14(24-15)16-13(21)11-6-12(20)19(7-11)9(2)8-22-4/h9-11H,5-8H2,1-4H3,(H,16,17,21)/t9-,10+,11-/m0/s1. The van der Waals surface area contributed by atoms with Crippen molar-refractivity contribution >= 4 is 40.0 Å². The lowest BCUT2D eigenvalue weighted by Crippen LogP contribution is -2.38. The van der Waals surface area contributed by atoms with Crippen molar-refractivity contribution in [2.75, 3.05) is 25.6 Å². The molecule has 1 aliphatic rings. The van der Waals surface area contributed by atoms with Crippen LogP contribution in [0.25, 0.3) is 0 Å². The van der Waals surface area contributed by atoms with E-state index in [9.17, 15) is 9.59 Å². The zero-order valence-electron chi connectivity index (χ0n) is 14.4. The van der Waals surface area contributed by atoms with Gasteiger partial charge in [-0.1, -0.05) is 36.9 Å². The molecular formula is C15H24N4O3S2. The Morgan fingerprint density at radius 3 is 2.92 bits per heavy atom. The van der Waals surface area contributed by atoms with Gasteiger partial charge in [0.1, 0.15) is 0 Å². The van der Waals surface area contributed by atoms with Crippen LogP contribution in [-0.4, -0.2) is 58.5 Å². The van der Waals surface area contributed by atoms with Crippen molar-refractivity contribution in [3.63, 3.8) is 0 Å². The van der Waals surface area contributed by atoms with Crippen LogP contribution in [0.15, 0.2) is 4.34 Å². The highest BCUT2D eigenvalue weighted by Gasteiger charge is 2.36. The van der Waals surface area contributed by atoms with Gasteiger partial charge >= 0.3 is 0 Å². The van der Waals surface area contributed by atoms with Crippen LogP contribution in [-0.2, 0) is 14.3 Å². The molecule has 3 atom stereocenters. The Hall–Kier alpha value is -1.19. The molecule has 0 unspecified atom stereocenters. The first kappa shape index (κ1) is 19.1. The normalized spacial score (nSPS) is 20.2. The molecule has 7 nitrogen and oxygen atoms in total. The molecule has 1 fully saturated rings. The second-order valence-electron chi connectivity index (χ2n) is 5.95. The third kappa shape index (κ3) is 4.90. The highest BCUT2D eigenvalue weighted by atomic mass is 32.2. The minimum atomic E-state index is -0.355.